The molecule has 1 aromatic heterocycles. The molecule has 0 atom stereocenters. The molecule has 0 spiro atoms. The van der Waals surface area contributed by atoms with Gasteiger partial charge in [-0.2, -0.15) is 0 Å². The number of hydrogen-bond acceptors (Lipinski definition) is 4. The second-order valence-electron chi connectivity index (χ2n) is 16.0. The van der Waals surface area contributed by atoms with Crippen molar-refractivity contribution in [3.8, 4) is 44.8 Å². The van der Waals surface area contributed by atoms with E-state index in [1.54, 1.807) is 0 Å². The molecule has 1 aliphatic heterocycles. The van der Waals surface area contributed by atoms with Crippen molar-refractivity contribution >= 4 is 33.8 Å². The lowest BCUT2D eigenvalue weighted by atomic mass is 9.81. The van der Waals surface area contributed by atoms with Gasteiger partial charge in [0.05, 0.1) is 0 Å². The first-order chi connectivity index (χ1) is 28.5. The molecule has 0 unspecified atom stereocenters. The lowest BCUT2D eigenvalue weighted by molar-refractivity contribution is 0.620. The van der Waals surface area contributed by atoms with Crippen LogP contribution in [-0.2, 0) is 18.5 Å². The maximum Gasteiger partial charge on any atom is 0.227 e. The van der Waals surface area contributed by atoms with Crippen molar-refractivity contribution in [2.45, 2.75) is 32.4 Å². The Balaban J connectivity index is 1.13. The SMILES string of the molecule is CC1(C)c2ccccc2-c2c(-c3cccc4c3CN(c3ccccc3)C4)cc(N(c3ccc(-c4ccccc4)cc3)c3cccc(-c4nc5ccccc5o4)c3)cc21. The second kappa shape index (κ2) is 13.5. The summed E-state index contributed by atoms with van der Waals surface area (Å²) in [5.41, 5.74) is 19.8. The number of nitrogens with zero attached hydrogens (tertiary/aromatic N) is 3. The standard InChI is InChI=1S/C54H41N3O/c1-54(2)48-24-10-9-22-45(48)52-46(44-23-14-18-39-34-56(35-47(39)44)40-19-7-4-8-20-40)32-43(33-49(52)54)57(41-29-27-37(28-30-41)36-15-5-3-6-16-36)42-21-13-17-38(31-42)53-55-50-25-11-12-26-51(50)58-53/h3-33H,34-35H2,1-2H3. The molecule has 2 aliphatic rings. The van der Waals surface area contributed by atoms with E-state index in [0.29, 0.717) is 5.89 Å². The molecule has 278 valence electrons. The van der Waals surface area contributed by atoms with Crippen LogP contribution in [0.15, 0.2) is 192 Å². The normalized spacial score (nSPS) is 13.7. The number of oxazole rings is 1. The monoisotopic (exact) mass is 747 g/mol. The van der Waals surface area contributed by atoms with Crippen molar-refractivity contribution in [1.29, 1.82) is 0 Å². The van der Waals surface area contributed by atoms with Crippen LogP contribution in [0.25, 0.3) is 55.9 Å². The summed E-state index contributed by atoms with van der Waals surface area (Å²) in [6, 6.07) is 67.7. The van der Waals surface area contributed by atoms with E-state index in [0.717, 1.165) is 46.8 Å². The summed E-state index contributed by atoms with van der Waals surface area (Å²) in [7, 11) is 0. The average Bonchev–Trinajstić information content (AvgIpc) is 3.98. The Bertz CT molecular complexity index is 2950. The fourth-order valence-corrected chi connectivity index (χ4v) is 9.29. The minimum atomic E-state index is -0.215. The van der Waals surface area contributed by atoms with E-state index in [9.17, 15) is 0 Å². The summed E-state index contributed by atoms with van der Waals surface area (Å²) in [5.74, 6) is 0.608. The van der Waals surface area contributed by atoms with Crippen molar-refractivity contribution in [1.82, 2.24) is 4.98 Å². The smallest absolute Gasteiger partial charge is 0.227 e. The van der Waals surface area contributed by atoms with Crippen LogP contribution in [0.1, 0.15) is 36.1 Å². The summed E-state index contributed by atoms with van der Waals surface area (Å²) < 4.78 is 6.32. The first-order valence-electron chi connectivity index (χ1n) is 20.1. The highest BCUT2D eigenvalue weighted by Gasteiger charge is 2.38. The molecule has 0 saturated heterocycles. The van der Waals surface area contributed by atoms with Crippen molar-refractivity contribution in [2.24, 2.45) is 0 Å². The molecule has 0 saturated carbocycles. The fraction of sp³-hybridized carbons (Fsp3) is 0.0926. The van der Waals surface area contributed by atoms with Gasteiger partial charge in [-0.1, -0.05) is 135 Å². The topological polar surface area (TPSA) is 32.5 Å². The van der Waals surface area contributed by atoms with Gasteiger partial charge >= 0.3 is 0 Å². The van der Waals surface area contributed by atoms with Crippen molar-refractivity contribution < 1.29 is 4.42 Å². The highest BCUT2D eigenvalue weighted by atomic mass is 16.3. The Hall–Kier alpha value is -7.17. The third kappa shape index (κ3) is 5.63. The Morgan fingerprint density at radius 1 is 0.517 bits per heavy atom. The average molecular weight is 748 g/mol. The molecule has 8 aromatic carbocycles. The Morgan fingerprint density at radius 2 is 1.21 bits per heavy atom. The first-order valence-corrected chi connectivity index (χ1v) is 20.1. The van der Waals surface area contributed by atoms with Crippen molar-refractivity contribution in [2.75, 3.05) is 9.80 Å². The summed E-state index contributed by atoms with van der Waals surface area (Å²) in [6.45, 7) is 6.51. The van der Waals surface area contributed by atoms with Gasteiger partial charge < -0.3 is 14.2 Å². The molecule has 2 heterocycles. The lowest BCUT2D eigenvalue weighted by Crippen LogP contribution is -2.17. The molecule has 1 aliphatic carbocycles. The first kappa shape index (κ1) is 34.1. The van der Waals surface area contributed by atoms with Gasteiger partial charge in [0.25, 0.3) is 0 Å². The van der Waals surface area contributed by atoms with Crippen LogP contribution in [0.2, 0.25) is 0 Å². The van der Waals surface area contributed by atoms with Gasteiger partial charge in [-0.25, -0.2) is 4.98 Å². The van der Waals surface area contributed by atoms with Crippen LogP contribution < -0.4 is 9.80 Å². The second-order valence-corrected chi connectivity index (χ2v) is 16.0. The molecule has 4 nitrogen and oxygen atoms in total. The number of fused-ring (bicyclic) bond motifs is 5. The molecule has 9 aromatic rings. The van der Waals surface area contributed by atoms with Crippen molar-refractivity contribution in [3.05, 3.63) is 210 Å². The minimum absolute atomic E-state index is 0.215. The summed E-state index contributed by atoms with van der Waals surface area (Å²) in [4.78, 5) is 9.79. The van der Waals surface area contributed by atoms with E-state index in [1.807, 2.05) is 24.3 Å². The summed E-state index contributed by atoms with van der Waals surface area (Å²) in [5, 5.41) is 0. The zero-order chi connectivity index (χ0) is 38.8. The number of hydrogen-bond donors (Lipinski definition) is 0. The van der Waals surface area contributed by atoms with E-state index >= 15 is 0 Å². The van der Waals surface area contributed by atoms with Gasteiger partial charge in [0.2, 0.25) is 5.89 Å². The molecule has 0 bridgehead atoms. The van der Waals surface area contributed by atoms with E-state index in [-0.39, 0.29) is 5.41 Å². The van der Waals surface area contributed by atoms with Crippen LogP contribution in [0.3, 0.4) is 0 Å². The zero-order valence-corrected chi connectivity index (χ0v) is 32.6. The maximum atomic E-state index is 6.32. The maximum absolute atomic E-state index is 6.32. The van der Waals surface area contributed by atoms with E-state index in [2.05, 4.69) is 187 Å². The quantitative estimate of drug-likeness (QED) is 0.163. The third-order valence-corrected chi connectivity index (χ3v) is 12.2. The molecule has 0 amide bonds. The van der Waals surface area contributed by atoms with Crippen LogP contribution in [0.5, 0.6) is 0 Å². The van der Waals surface area contributed by atoms with E-state index in [1.165, 1.54) is 61.3 Å². The molecular weight excluding hydrogens is 707 g/mol. The molecular formula is C54H41N3O. The van der Waals surface area contributed by atoms with Gasteiger partial charge in [-0.15, -0.1) is 0 Å². The van der Waals surface area contributed by atoms with E-state index < -0.39 is 0 Å². The van der Waals surface area contributed by atoms with Gasteiger partial charge in [-0.05, 0) is 122 Å². The van der Waals surface area contributed by atoms with Crippen LogP contribution >= 0.6 is 0 Å². The fourth-order valence-electron chi connectivity index (χ4n) is 9.29. The molecule has 0 N–H and O–H groups in total. The predicted molar refractivity (Wildman–Crippen MR) is 239 cm³/mol. The number of rotatable bonds is 7. The number of aromatic nitrogens is 1. The zero-order valence-electron chi connectivity index (χ0n) is 32.6. The molecule has 11 rings (SSSR count). The molecule has 4 heteroatoms. The highest BCUT2D eigenvalue weighted by molar-refractivity contribution is 5.97. The highest BCUT2D eigenvalue weighted by Crippen LogP contribution is 2.55. The Morgan fingerprint density at radius 3 is 2.03 bits per heavy atom. The largest absolute Gasteiger partial charge is 0.436 e. The van der Waals surface area contributed by atoms with Gasteiger partial charge in [0, 0.05) is 46.8 Å². The van der Waals surface area contributed by atoms with E-state index in [4.69, 9.17) is 9.40 Å². The van der Waals surface area contributed by atoms with Gasteiger partial charge in [0.1, 0.15) is 5.52 Å². The summed E-state index contributed by atoms with van der Waals surface area (Å²) >= 11 is 0. The molecule has 0 fully saturated rings. The number of anilines is 4. The van der Waals surface area contributed by atoms with Gasteiger partial charge in [-0.3, -0.25) is 0 Å². The molecule has 0 radical (unpaired) electrons. The van der Waals surface area contributed by atoms with Crippen LogP contribution in [-0.4, -0.2) is 4.98 Å². The summed E-state index contributed by atoms with van der Waals surface area (Å²) in [6.07, 6.45) is 0. The third-order valence-electron chi connectivity index (χ3n) is 12.2. The van der Waals surface area contributed by atoms with Crippen LogP contribution in [0.4, 0.5) is 22.7 Å². The lowest BCUT2D eigenvalue weighted by Gasteiger charge is -2.30. The van der Waals surface area contributed by atoms with Crippen LogP contribution in [0, 0.1) is 0 Å². The number of para-hydroxylation sites is 3. The Kier molecular flexibility index (Phi) is 7.94. The van der Waals surface area contributed by atoms with Crippen molar-refractivity contribution in [3.63, 3.8) is 0 Å². The predicted octanol–water partition coefficient (Wildman–Crippen LogP) is 14.1. The minimum Gasteiger partial charge on any atom is -0.436 e. The molecule has 58 heavy (non-hydrogen) atoms. The van der Waals surface area contributed by atoms with Gasteiger partial charge in [0.15, 0.2) is 5.58 Å². The Labute approximate surface area is 339 Å². The number of benzene rings is 8.